The van der Waals surface area contributed by atoms with E-state index in [-0.39, 0.29) is 0 Å². The minimum absolute atomic E-state index is 0.590. The quantitative estimate of drug-likeness (QED) is 0.627. The summed E-state index contributed by atoms with van der Waals surface area (Å²) in [6.07, 6.45) is 2.98. The predicted octanol–water partition coefficient (Wildman–Crippen LogP) is 4.18. The third-order valence-electron chi connectivity index (χ3n) is 2.62. The molecule has 0 aliphatic carbocycles. The van der Waals surface area contributed by atoms with Crippen molar-refractivity contribution in [2.75, 3.05) is 0 Å². The Labute approximate surface area is 86.2 Å². The molecule has 74 valence electrons. The van der Waals surface area contributed by atoms with E-state index in [0.29, 0.717) is 5.92 Å². The number of hydrogen-bond acceptors (Lipinski definition) is 1. The molecule has 0 radical (unpaired) electrons. The van der Waals surface area contributed by atoms with E-state index in [1.807, 2.05) is 12.1 Å². The highest BCUT2D eigenvalue weighted by molar-refractivity contribution is 5.65. The minimum atomic E-state index is 0.590. The first kappa shape index (κ1) is 10.7. The summed E-state index contributed by atoms with van der Waals surface area (Å²) < 4.78 is 0. The molecule has 1 unspecified atom stereocenters. The molecule has 14 heavy (non-hydrogen) atoms. The van der Waals surface area contributed by atoms with Crippen molar-refractivity contribution in [1.29, 1.82) is 0 Å². The van der Waals surface area contributed by atoms with Gasteiger partial charge in [-0.3, -0.25) is 4.99 Å². The van der Waals surface area contributed by atoms with Crippen LogP contribution in [0.3, 0.4) is 0 Å². The number of rotatable bonds is 4. The topological polar surface area (TPSA) is 12.4 Å². The number of aliphatic imine (C=N–C) groups is 1. The lowest BCUT2D eigenvalue weighted by molar-refractivity contribution is 0.733. The average Bonchev–Trinajstić information content (AvgIpc) is 2.26. The highest BCUT2D eigenvalue weighted by atomic mass is 14.7. The predicted molar refractivity (Wildman–Crippen MR) is 64.4 cm³/mol. The van der Waals surface area contributed by atoms with Crippen LogP contribution < -0.4 is 0 Å². The van der Waals surface area contributed by atoms with Crippen LogP contribution in [0, 0.1) is 0 Å². The summed E-state index contributed by atoms with van der Waals surface area (Å²) in [6, 6.07) is 6.27. The normalized spacial score (nSPS) is 12.1. The second-order valence-electron chi connectivity index (χ2n) is 3.49. The van der Waals surface area contributed by atoms with Gasteiger partial charge in [-0.2, -0.15) is 0 Å². The Bertz CT molecular complexity index is 339. The SMILES string of the molecule is C=Cc1cc(C(C)CC)ccc1N=C. The molecule has 1 heteroatoms. The summed E-state index contributed by atoms with van der Waals surface area (Å²) in [6.45, 7) is 11.7. The van der Waals surface area contributed by atoms with E-state index in [1.54, 1.807) is 0 Å². The van der Waals surface area contributed by atoms with Gasteiger partial charge in [-0.05, 0) is 42.3 Å². The molecule has 1 aromatic carbocycles. The smallest absolute Gasteiger partial charge is 0.0694 e. The van der Waals surface area contributed by atoms with E-state index in [4.69, 9.17) is 0 Å². The maximum atomic E-state index is 3.95. The van der Waals surface area contributed by atoms with Crippen LogP contribution in [0.15, 0.2) is 29.8 Å². The van der Waals surface area contributed by atoms with Crippen molar-refractivity contribution in [3.05, 3.63) is 35.9 Å². The third-order valence-corrected chi connectivity index (χ3v) is 2.62. The monoisotopic (exact) mass is 187 g/mol. The lowest BCUT2D eigenvalue weighted by Gasteiger charge is -2.10. The van der Waals surface area contributed by atoms with Gasteiger partial charge in [-0.25, -0.2) is 0 Å². The Kier molecular flexibility index (Phi) is 3.63. The summed E-state index contributed by atoms with van der Waals surface area (Å²) in [5.74, 6) is 0.590. The van der Waals surface area contributed by atoms with Crippen molar-refractivity contribution in [3.63, 3.8) is 0 Å². The number of hydrogen-bond donors (Lipinski definition) is 0. The van der Waals surface area contributed by atoms with Gasteiger partial charge >= 0.3 is 0 Å². The van der Waals surface area contributed by atoms with Crippen LogP contribution in [-0.4, -0.2) is 6.72 Å². The first-order chi connectivity index (χ1) is 6.72. The van der Waals surface area contributed by atoms with Crippen molar-refractivity contribution in [3.8, 4) is 0 Å². The molecule has 0 N–H and O–H groups in total. The minimum Gasteiger partial charge on any atom is -0.264 e. The summed E-state index contributed by atoms with van der Waals surface area (Å²) >= 11 is 0. The van der Waals surface area contributed by atoms with Gasteiger partial charge in [0.1, 0.15) is 0 Å². The Morgan fingerprint density at radius 3 is 2.71 bits per heavy atom. The first-order valence-corrected chi connectivity index (χ1v) is 4.96. The summed E-state index contributed by atoms with van der Waals surface area (Å²) in [5, 5.41) is 0. The summed E-state index contributed by atoms with van der Waals surface area (Å²) in [4.78, 5) is 3.95. The van der Waals surface area contributed by atoms with Crippen molar-refractivity contribution in [2.45, 2.75) is 26.2 Å². The molecule has 1 atom stereocenters. The molecule has 0 aromatic heterocycles. The first-order valence-electron chi connectivity index (χ1n) is 4.96. The van der Waals surface area contributed by atoms with Crippen molar-refractivity contribution >= 4 is 18.5 Å². The van der Waals surface area contributed by atoms with E-state index < -0.39 is 0 Å². The van der Waals surface area contributed by atoms with Crippen LogP contribution in [0.2, 0.25) is 0 Å². The molecule has 0 heterocycles. The molecule has 0 saturated carbocycles. The number of benzene rings is 1. The molecule has 1 rings (SSSR count). The van der Waals surface area contributed by atoms with Gasteiger partial charge in [-0.15, -0.1) is 0 Å². The van der Waals surface area contributed by atoms with Gasteiger partial charge in [0, 0.05) is 0 Å². The third kappa shape index (κ3) is 2.11. The highest BCUT2D eigenvalue weighted by Gasteiger charge is 2.04. The molecular weight excluding hydrogens is 170 g/mol. The van der Waals surface area contributed by atoms with Gasteiger partial charge in [0.25, 0.3) is 0 Å². The summed E-state index contributed by atoms with van der Waals surface area (Å²) in [7, 11) is 0. The second-order valence-corrected chi connectivity index (χ2v) is 3.49. The molecule has 0 bridgehead atoms. The molecule has 0 aliphatic rings. The highest BCUT2D eigenvalue weighted by Crippen LogP contribution is 2.26. The Hall–Kier alpha value is -1.37. The molecular formula is C13H17N. The van der Waals surface area contributed by atoms with Crippen LogP contribution in [0.25, 0.3) is 6.08 Å². The molecule has 0 fully saturated rings. The van der Waals surface area contributed by atoms with E-state index in [0.717, 1.165) is 17.7 Å². The molecule has 0 aliphatic heterocycles. The van der Waals surface area contributed by atoms with E-state index in [1.165, 1.54) is 5.56 Å². The zero-order chi connectivity index (χ0) is 10.6. The summed E-state index contributed by atoms with van der Waals surface area (Å²) in [5.41, 5.74) is 3.32. The van der Waals surface area contributed by atoms with Crippen molar-refractivity contribution in [2.24, 2.45) is 4.99 Å². The maximum Gasteiger partial charge on any atom is 0.0694 e. The Morgan fingerprint density at radius 1 is 1.50 bits per heavy atom. The standard InChI is InChI=1S/C13H17N/c1-5-10(3)12-7-8-13(14-4)11(6-2)9-12/h6-10H,2,4-5H2,1,3H3. The Morgan fingerprint density at radius 2 is 2.21 bits per heavy atom. The van der Waals surface area contributed by atoms with Crippen molar-refractivity contribution in [1.82, 2.24) is 0 Å². The maximum absolute atomic E-state index is 3.95. The van der Waals surface area contributed by atoms with Crippen LogP contribution in [0.1, 0.15) is 37.3 Å². The fourth-order valence-corrected chi connectivity index (χ4v) is 1.42. The largest absolute Gasteiger partial charge is 0.264 e. The fraction of sp³-hybridized carbons (Fsp3) is 0.308. The lowest BCUT2D eigenvalue weighted by atomic mass is 9.96. The molecule has 0 spiro atoms. The zero-order valence-electron chi connectivity index (χ0n) is 8.96. The van der Waals surface area contributed by atoms with Gasteiger partial charge in [0.15, 0.2) is 0 Å². The molecule has 1 aromatic rings. The van der Waals surface area contributed by atoms with Gasteiger partial charge in [0.2, 0.25) is 0 Å². The van der Waals surface area contributed by atoms with Gasteiger partial charge in [0.05, 0.1) is 5.69 Å². The molecule has 1 nitrogen and oxygen atoms in total. The van der Waals surface area contributed by atoms with E-state index in [9.17, 15) is 0 Å². The lowest BCUT2D eigenvalue weighted by Crippen LogP contribution is -1.91. The molecule has 0 amide bonds. The zero-order valence-corrected chi connectivity index (χ0v) is 8.96. The van der Waals surface area contributed by atoms with Gasteiger partial charge < -0.3 is 0 Å². The van der Waals surface area contributed by atoms with Crippen LogP contribution >= 0.6 is 0 Å². The molecule has 0 saturated heterocycles. The van der Waals surface area contributed by atoms with Crippen LogP contribution in [-0.2, 0) is 0 Å². The van der Waals surface area contributed by atoms with E-state index >= 15 is 0 Å². The average molecular weight is 187 g/mol. The van der Waals surface area contributed by atoms with Crippen LogP contribution in [0.4, 0.5) is 5.69 Å². The van der Waals surface area contributed by atoms with E-state index in [2.05, 4.69) is 44.3 Å². The van der Waals surface area contributed by atoms with Gasteiger partial charge in [-0.1, -0.05) is 32.6 Å². The Balaban J connectivity index is 3.13. The second kappa shape index (κ2) is 4.75. The van der Waals surface area contributed by atoms with Crippen molar-refractivity contribution < 1.29 is 0 Å². The fourth-order valence-electron chi connectivity index (χ4n) is 1.42. The van der Waals surface area contributed by atoms with Crippen LogP contribution in [0.5, 0.6) is 0 Å². The number of nitrogens with zero attached hydrogens (tertiary/aromatic N) is 1.